The minimum Gasteiger partial charge on any atom is -0.478 e. The lowest BCUT2D eigenvalue weighted by Gasteiger charge is -2.13. The van der Waals surface area contributed by atoms with Gasteiger partial charge in [0.15, 0.2) is 0 Å². The van der Waals surface area contributed by atoms with Gasteiger partial charge in [0.1, 0.15) is 0 Å². The summed E-state index contributed by atoms with van der Waals surface area (Å²) in [5.41, 5.74) is -2.15. The summed E-state index contributed by atoms with van der Waals surface area (Å²) in [5.74, 6) is -2.46. The second-order valence-corrected chi connectivity index (χ2v) is 2.85. The first kappa shape index (κ1) is 14.1. The molecule has 0 heterocycles. The second-order valence-electron chi connectivity index (χ2n) is 2.35. The van der Waals surface area contributed by atoms with Gasteiger partial charge in [-0.1, -0.05) is 0 Å². The van der Waals surface area contributed by atoms with Crippen LogP contribution in [0.2, 0.25) is 0 Å². The lowest BCUT2D eigenvalue weighted by atomic mass is 10.1. The molecule has 0 aliphatic heterocycles. The number of hydrogen-bond donors (Lipinski definition) is 1. The van der Waals surface area contributed by atoms with Crippen LogP contribution in [0.3, 0.4) is 0 Å². The molecule has 1 atom stereocenters. The van der Waals surface area contributed by atoms with Crippen LogP contribution in [0, 0.1) is 0 Å². The summed E-state index contributed by atoms with van der Waals surface area (Å²) in [7, 11) is 0. The summed E-state index contributed by atoms with van der Waals surface area (Å²) in [6, 6.07) is 0. The molecule has 88 valence electrons. The average Bonchev–Trinajstić information content (AvgIpc) is 1.94. The van der Waals surface area contributed by atoms with Crippen molar-refractivity contribution >= 4 is 17.6 Å². The predicted molar refractivity (Wildman–Crippen MR) is 37.5 cm³/mol. The molecule has 0 saturated carbocycles. The lowest BCUT2D eigenvalue weighted by Crippen LogP contribution is -2.31. The summed E-state index contributed by atoms with van der Waals surface area (Å²) in [6.45, 7) is 0. The Morgan fingerprint density at radius 3 is 1.87 bits per heavy atom. The van der Waals surface area contributed by atoms with E-state index in [1.807, 2.05) is 0 Å². The van der Waals surface area contributed by atoms with Crippen LogP contribution in [-0.4, -0.2) is 28.8 Å². The highest BCUT2D eigenvalue weighted by Gasteiger charge is 2.46. The van der Waals surface area contributed by atoms with E-state index >= 15 is 0 Å². The number of aliphatic carboxylic acids is 1. The van der Waals surface area contributed by atoms with Gasteiger partial charge in [-0.05, 0) is 11.6 Å². The van der Waals surface area contributed by atoms with Crippen molar-refractivity contribution in [1.82, 2.24) is 0 Å². The van der Waals surface area contributed by atoms with E-state index in [0.29, 0.717) is 0 Å². The zero-order valence-electron chi connectivity index (χ0n) is 6.66. The number of carbonyl (C=O) groups is 1. The first-order chi connectivity index (χ1) is 6.45. The van der Waals surface area contributed by atoms with Crippen LogP contribution < -0.4 is 0 Å². The van der Waals surface area contributed by atoms with Crippen molar-refractivity contribution in [3.05, 3.63) is 11.6 Å². The molecular weight excluding hydrogens is 254 g/mol. The van der Waals surface area contributed by atoms with E-state index in [1.165, 1.54) is 0 Å². The molecular formula is C6H3ClF6O2. The van der Waals surface area contributed by atoms with Crippen molar-refractivity contribution in [1.29, 1.82) is 0 Å². The third-order valence-electron chi connectivity index (χ3n) is 1.13. The Morgan fingerprint density at radius 1 is 1.27 bits per heavy atom. The average molecular weight is 257 g/mol. The molecule has 0 amide bonds. The molecule has 9 heteroatoms. The van der Waals surface area contributed by atoms with Crippen LogP contribution in [0.1, 0.15) is 0 Å². The van der Waals surface area contributed by atoms with E-state index in [9.17, 15) is 31.1 Å². The Kier molecular flexibility index (Phi) is 4.03. The standard InChI is InChI=1S/C6H3ClF6O2/c7-5(9,10)1-2(4(14)15)3(8)6(11,12)13/h1,3H,(H,14,15). The number of hydrogen-bond acceptors (Lipinski definition) is 1. The molecule has 0 fully saturated rings. The molecule has 0 aromatic heterocycles. The molecule has 1 unspecified atom stereocenters. The first-order valence-electron chi connectivity index (χ1n) is 3.18. The van der Waals surface area contributed by atoms with E-state index in [2.05, 4.69) is 11.6 Å². The third kappa shape index (κ3) is 4.91. The van der Waals surface area contributed by atoms with Crippen molar-refractivity contribution in [3.63, 3.8) is 0 Å². The fourth-order valence-corrected chi connectivity index (χ4v) is 0.714. The van der Waals surface area contributed by atoms with Gasteiger partial charge >= 0.3 is 17.5 Å². The maximum atomic E-state index is 12.4. The predicted octanol–water partition coefficient (Wildman–Crippen LogP) is 2.73. The van der Waals surface area contributed by atoms with Gasteiger partial charge in [-0.3, -0.25) is 0 Å². The normalized spacial score (nSPS) is 16.3. The summed E-state index contributed by atoms with van der Waals surface area (Å²) < 4.78 is 71.3. The molecule has 15 heavy (non-hydrogen) atoms. The van der Waals surface area contributed by atoms with Gasteiger partial charge in [-0.15, -0.1) is 0 Å². The van der Waals surface area contributed by atoms with Gasteiger partial charge in [0.05, 0.1) is 5.57 Å². The Hall–Kier alpha value is -0.920. The summed E-state index contributed by atoms with van der Waals surface area (Å²) in [6.07, 6.45) is -10.4. The van der Waals surface area contributed by atoms with E-state index in [4.69, 9.17) is 5.11 Å². The first-order valence-corrected chi connectivity index (χ1v) is 3.56. The smallest absolute Gasteiger partial charge is 0.424 e. The van der Waals surface area contributed by atoms with E-state index in [1.54, 1.807) is 0 Å². The van der Waals surface area contributed by atoms with Crippen molar-refractivity contribution in [2.45, 2.75) is 17.7 Å². The highest BCUT2D eigenvalue weighted by molar-refractivity contribution is 6.23. The largest absolute Gasteiger partial charge is 0.478 e. The van der Waals surface area contributed by atoms with Crippen LogP contribution in [-0.2, 0) is 4.79 Å². The Bertz CT molecular complexity index is 278. The summed E-state index contributed by atoms with van der Waals surface area (Å²) in [4.78, 5) is 10.1. The minimum absolute atomic E-state index is 0.797. The monoisotopic (exact) mass is 256 g/mol. The number of alkyl halides is 7. The maximum Gasteiger partial charge on any atom is 0.424 e. The molecule has 0 bridgehead atoms. The van der Waals surface area contributed by atoms with Crippen LogP contribution in [0.25, 0.3) is 0 Å². The van der Waals surface area contributed by atoms with Gasteiger partial charge in [-0.2, -0.15) is 22.0 Å². The Balaban J connectivity index is 5.18. The van der Waals surface area contributed by atoms with Gasteiger partial charge in [-0.25, -0.2) is 9.18 Å². The number of allylic oxidation sites excluding steroid dienone is 1. The van der Waals surface area contributed by atoms with Gasteiger partial charge in [0.25, 0.3) is 0 Å². The molecule has 0 radical (unpaired) electrons. The van der Waals surface area contributed by atoms with Crippen molar-refractivity contribution in [2.24, 2.45) is 0 Å². The van der Waals surface area contributed by atoms with E-state index in [-0.39, 0.29) is 0 Å². The fourth-order valence-electron chi connectivity index (χ4n) is 0.596. The summed E-state index contributed by atoms with van der Waals surface area (Å²) in [5, 5.41) is 3.71. The third-order valence-corrected chi connectivity index (χ3v) is 1.24. The highest BCUT2D eigenvalue weighted by atomic mass is 35.5. The zero-order valence-corrected chi connectivity index (χ0v) is 7.41. The second kappa shape index (κ2) is 4.30. The number of rotatable bonds is 3. The molecule has 2 nitrogen and oxygen atoms in total. The minimum atomic E-state index is -5.58. The van der Waals surface area contributed by atoms with Gasteiger partial charge in [0.2, 0.25) is 6.17 Å². The molecule has 0 aliphatic rings. The van der Waals surface area contributed by atoms with Gasteiger partial charge in [0, 0.05) is 6.08 Å². The van der Waals surface area contributed by atoms with Crippen LogP contribution in [0.4, 0.5) is 26.3 Å². The SMILES string of the molecule is O=C(O)C(=CC(F)(F)Cl)C(F)C(F)(F)F. The zero-order chi connectivity index (χ0) is 12.4. The van der Waals surface area contributed by atoms with Crippen molar-refractivity contribution in [3.8, 4) is 0 Å². The van der Waals surface area contributed by atoms with E-state index in [0.717, 1.165) is 0 Å². The number of carboxylic acids is 1. The molecule has 0 saturated heterocycles. The van der Waals surface area contributed by atoms with Gasteiger partial charge < -0.3 is 5.11 Å². The van der Waals surface area contributed by atoms with Crippen molar-refractivity contribution in [2.75, 3.05) is 0 Å². The molecule has 0 aromatic carbocycles. The molecule has 0 aliphatic carbocycles. The molecule has 0 aromatic rings. The van der Waals surface area contributed by atoms with Crippen LogP contribution >= 0.6 is 11.6 Å². The lowest BCUT2D eigenvalue weighted by molar-refractivity contribution is -0.174. The number of carboxylic acid groups (broad SMARTS) is 1. The fraction of sp³-hybridized carbons (Fsp3) is 0.500. The quantitative estimate of drug-likeness (QED) is 0.479. The van der Waals surface area contributed by atoms with Crippen LogP contribution in [0.5, 0.6) is 0 Å². The maximum absolute atomic E-state index is 12.4. The molecule has 1 N–H and O–H groups in total. The number of halogens is 7. The Labute approximate surface area is 84.1 Å². The molecule has 0 rings (SSSR count). The highest BCUT2D eigenvalue weighted by Crippen LogP contribution is 2.31. The topological polar surface area (TPSA) is 37.3 Å². The van der Waals surface area contributed by atoms with Crippen molar-refractivity contribution < 1.29 is 36.2 Å². The van der Waals surface area contributed by atoms with Crippen LogP contribution in [0.15, 0.2) is 11.6 Å². The Morgan fingerprint density at radius 2 is 1.67 bits per heavy atom. The summed E-state index contributed by atoms with van der Waals surface area (Å²) >= 11 is 4.16. The van der Waals surface area contributed by atoms with E-state index < -0.39 is 35.3 Å². The molecule has 0 spiro atoms.